The normalized spacial score (nSPS) is 8.33. The van der Waals surface area contributed by atoms with Crippen LogP contribution in [0.1, 0.15) is 15.0 Å². The molecule has 1 aliphatic carbocycles. The molecular weight excluding hydrogens is 328 g/mol. The molecule has 0 fully saturated rings. The van der Waals surface area contributed by atoms with E-state index in [0.29, 0.717) is 0 Å². The van der Waals surface area contributed by atoms with Gasteiger partial charge in [-0.3, -0.25) is 0 Å². The maximum atomic E-state index is 8.00. The van der Waals surface area contributed by atoms with Crippen molar-refractivity contribution in [2.45, 2.75) is 6.42 Å². The molecule has 0 radical (unpaired) electrons. The third-order valence-corrected chi connectivity index (χ3v) is 0.655. The Hall–Kier alpha value is -0.822. The number of hydrogen-bond acceptors (Lipinski definition) is 3. The predicted molar refractivity (Wildman–Crippen MR) is 50.9 cm³/mol. The third-order valence-electron chi connectivity index (χ3n) is 0.655. The van der Waals surface area contributed by atoms with E-state index in [4.69, 9.17) is 14.4 Å². The maximum Gasteiger partial charge on any atom is 0.106 e. The molecule has 12 heavy (non-hydrogen) atoms. The summed E-state index contributed by atoms with van der Waals surface area (Å²) in [6, 6.07) is 0. The van der Waals surface area contributed by atoms with E-state index >= 15 is 0 Å². The second kappa shape index (κ2) is 49.1. The molecule has 0 aromatic heterocycles. The number of hydrogen-bond donors (Lipinski definition) is 0. The van der Waals surface area contributed by atoms with Gasteiger partial charge in [0.15, 0.2) is 0 Å². The van der Waals surface area contributed by atoms with Gasteiger partial charge in [0.05, 0.1) is 0 Å². The fourth-order valence-corrected chi connectivity index (χ4v) is 0.393. The van der Waals surface area contributed by atoms with Crippen molar-refractivity contribution in [1.29, 1.82) is 0 Å². The van der Waals surface area contributed by atoms with E-state index in [1.165, 1.54) is 0 Å². The molecule has 0 aromatic carbocycles. The van der Waals surface area contributed by atoms with Gasteiger partial charge in [-0.25, -0.2) is 0 Å². The predicted octanol–water partition coefficient (Wildman–Crippen LogP) is 1.62. The summed E-state index contributed by atoms with van der Waals surface area (Å²) in [7, 11) is 0. The van der Waals surface area contributed by atoms with Crippen LogP contribution < -0.4 is 0 Å². The minimum Gasteiger partial charge on any atom is -1.00 e. The molecule has 1 aliphatic rings. The average molecular weight is 346 g/mol. The molecule has 4 heteroatoms. The minimum atomic E-state index is 0. The zero-order chi connectivity index (χ0) is 9.54. The second-order valence-corrected chi connectivity index (χ2v) is 1.09. The van der Waals surface area contributed by atoms with Gasteiger partial charge in [0.2, 0.25) is 0 Å². The van der Waals surface area contributed by atoms with Crippen LogP contribution in [0.3, 0.4) is 0 Å². The molecule has 0 atom stereocenters. The molecule has 1 rings (SSSR count). The van der Waals surface area contributed by atoms with Crippen molar-refractivity contribution in [2.24, 2.45) is 0 Å². The van der Waals surface area contributed by atoms with E-state index in [-0.39, 0.29) is 29.6 Å². The van der Waals surface area contributed by atoms with Gasteiger partial charge in [-0.1, -0.05) is 24.3 Å². The Bertz CT molecular complexity index is 115. The summed E-state index contributed by atoms with van der Waals surface area (Å²) >= 11 is 0. The maximum absolute atomic E-state index is 8.00. The summed E-state index contributed by atoms with van der Waals surface area (Å²) in [6.07, 6.45) is 9.50. The first-order chi connectivity index (χ1) is 5.50. The SMILES string of the molecule is C1=CCC=C1.C=O.C=O.C=O.[H-].[H-].[H-].[H-].[H-].[H-].[W]. The van der Waals surface area contributed by atoms with E-state index in [1.807, 2.05) is 20.4 Å². The van der Waals surface area contributed by atoms with Crippen molar-refractivity contribution in [3.05, 3.63) is 24.3 Å². The zero-order valence-electron chi connectivity index (χ0n) is 12.8. The number of carbonyl (C=O) groups excluding carboxylic acids is 3. The fraction of sp³-hybridized carbons (Fsp3) is 0.125. The Balaban J connectivity index is -0.00000000572. The van der Waals surface area contributed by atoms with Crippen LogP contribution in [0.4, 0.5) is 0 Å². The van der Waals surface area contributed by atoms with Crippen molar-refractivity contribution >= 4 is 20.4 Å². The molecule has 80 valence electrons. The summed E-state index contributed by atoms with van der Waals surface area (Å²) in [6.45, 7) is 6.00. The van der Waals surface area contributed by atoms with Crippen molar-refractivity contribution in [1.82, 2.24) is 0 Å². The quantitative estimate of drug-likeness (QED) is 0.670. The summed E-state index contributed by atoms with van der Waals surface area (Å²) in [5, 5.41) is 0. The molecule has 3 nitrogen and oxygen atoms in total. The first-order valence-corrected chi connectivity index (χ1v) is 2.68. The standard InChI is InChI=1S/C5H6.3CH2O.W.6H/c1-2-4-5-3-1;3*1-2;;;;;;;/h1-4H,5H2;3*1H2;;;;;;;/q;;;;;6*-1. The van der Waals surface area contributed by atoms with Crippen LogP contribution in [0.15, 0.2) is 24.3 Å². The molecule has 0 amide bonds. The van der Waals surface area contributed by atoms with Gasteiger partial charge >= 0.3 is 0 Å². The van der Waals surface area contributed by atoms with Gasteiger partial charge in [0.25, 0.3) is 0 Å². The van der Waals surface area contributed by atoms with Crippen LogP contribution in [0.2, 0.25) is 0 Å². The monoisotopic (exact) mass is 346 g/mol. The summed E-state index contributed by atoms with van der Waals surface area (Å²) in [5.41, 5.74) is 0. The minimum absolute atomic E-state index is 0. The van der Waals surface area contributed by atoms with Crippen molar-refractivity contribution < 1.29 is 44.0 Å². The van der Waals surface area contributed by atoms with E-state index in [9.17, 15) is 0 Å². The van der Waals surface area contributed by atoms with Crippen molar-refractivity contribution in [2.75, 3.05) is 0 Å². The van der Waals surface area contributed by atoms with Crippen molar-refractivity contribution in [3.63, 3.8) is 0 Å². The van der Waals surface area contributed by atoms with Gasteiger partial charge in [-0.2, -0.15) is 0 Å². The van der Waals surface area contributed by atoms with E-state index < -0.39 is 0 Å². The van der Waals surface area contributed by atoms with Gasteiger partial charge in [-0.15, -0.1) is 0 Å². The largest absolute Gasteiger partial charge is 1.00 e. The van der Waals surface area contributed by atoms with Crippen LogP contribution in [-0.2, 0) is 35.4 Å². The molecule has 0 saturated heterocycles. The van der Waals surface area contributed by atoms with Gasteiger partial charge < -0.3 is 22.9 Å². The van der Waals surface area contributed by atoms with Crippen LogP contribution in [0, 0.1) is 0 Å². The Labute approximate surface area is 95.7 Å². The summed E-state index contributed by atoms with van der Waals surface area (Å²) < 4.78 is 0. The Morgan fingerprint density at radius 2 is 1.08 bits per heavy atom. The fourth-order valence-electron chi connectivity index (χ4n) is 0.393. The first-order valence-electron chi connectivity index (χ1n) is 2.68. The summed E-state index contributed by atoms with van der Waals surface area (Å²) in [5.74, 6) is 0. The zero-order valence-corrected chi connectivity index (χ0v) is 9.70. The molecule has 0 heterocycles. The number of allylic oxidation sites excluding steroid dienone is 4. The first kappa shape index (κ1) is 22.5. The average Bonchev–Trinajstić information content (AvgIpc) is 2.71. The van der Waals surface area contributed by atoms with E-state index in [0.717, 1.165) is 6.42 Å². The third kappa shape index (κ3) is 35.2. The molecule has 0 aromatic rings. The van der Waals surface area contributed by atoms with Crippen LogP contribution in [0.5, 0.6) is 0 Å². The van der Waals surface area contributed by atoms with Crippen molar-refractivity contribution in [3.8, 4) is 0 Å². The van der Waals surface area contributed by atoms with Crippen LogP contribution in [0.25, 0.3) is 0 Å². The van der Waals surface area contributed by atoms with Gasteiger partial charge in [-0.05, 0) is 6.42 Å². The smallest absolute Gasteiger partial charge is 0.106 e. The Morgan fingerprint density at radius 1 is 0.833 bits per heavy atom. The van der Waals surface area contributed by atoms with Crippen LogP contribution >= 0.6 is 0 Å². The molecule has 0 saturated carbocycles. The van der Waals surface area contributed by atoms with E-state index in [1.54, 1.807) is 0 Å². The van der Waals surface area contributed by atoms with Crippen LogP contribution in [-0.4, -0.2) is 20.4 Å². The van der Waals surface area contributed by atoms with E-state index in [2.05, 4.69) is 24.3 Å². The molecule has 0 bridgehead atoms. The molecule has 0 aliphatic heterocycles. The molecule has 0 spiro atoms. The number of carbonyl (C=O) groups is 3. The Morgan fingerprint density at radius 3 is 1.17 bits per heavy atom. The second-order valence-electron chi connectivity index (χ2n) is 1.09. The summed E-state index contributed by atoms with van der Waals surface area (Å²) in [4.78, 5) is 24.0. The Kier molecular flexibility index (Phi) is 92.0. The topological polar surface area (TPSA) is 51.2 Å². The molecular formula is C8H18O3W-6. The number of rotatable bonds is 0. The van der Waals surface area contributed by atoms with Gasteiger partial charge in [0, 0.05) is 21.1 Å². The van der Waals surface area contributed by atoms with Gasteiger partial charge in [0.1, 0.15) is 20.4 Å². The molecule has 0 unspecified atom stereocenters. The molecule has 0 N–H and O–H groups in total.